The monoisotopic (exact) mass is 241 g/mol. The highest BCUT2D eigenvalue weighted by atomic mass is 32.2. The van der Waals surface area contributed by atoms with Gasteiger partial charge in [0.15, 0.2) is 0 Å². The van der Waals surface area contributed by atoms with Crippen LogP contribution in [0.25, 0.3) is 0 Å². The minimum Gasteiger partial charge on any atom is -0.353 e. The van der Waals surface area contributed by atoms with Crippen LogP contribution in [0.4, 0.5) is 5.95 Å². The molecular formula is C12H23N3S. The quantitative estimate of drug-likeness (QED) is 0.742. The van der Waals surface area contributed by atoms with Gasteiger partial charge in [-0.1, -0.05) is 6.92 Å². The van der Waals surface area contributed by atoms with Crippen molar-refractivity contribution in [2.75, 3.05) is 16.8 Å². The standard InChI is InChI=1S/C12H23N3S/c1-5-16-9-6-11(4)14-12-13-7-8-15(12)10(2)3/h7-8,10-11H,5-6,9H2,1-4H3,(H,13,14). The van der Waals surface area contributed by atoms with Gasteiger partial charge < -0.3 is 9.88 Å². The number of anilines is 1. The van der Waals surface area contributed by atoms with E-state index in [0.717, 1.165) is 5.95 Å². The summed E-state index contributed by atoms with van der Waals surface area (Å²) in [4.78, 5) is 4.35. The second-order valence-corrected chi connectivity index (χ2v) is 5.68. The Labute approximate surface area is 103 Å². The van der Waals surface area contributed by atoms with Crippen LogP contribution in [0, 0.1) is 0 Å². The van der Waals surface area contributed by atoms with Gasteiger partial charge in [-0.05, 0) is 38.7 Å². The Balaban J connectivity index is 2.43. The van der Waals surface area contributed by atoms with Crippen LogP contribution in [0.3, 0.4) is 0 Å². The van der Waals surface area contributed by atoms with E-state index in [1.807, 2.05) is 24.2 Å². The van der Waals surface area contributed by atoms with Gasteiger partial charge in [-0.15, -0.1) is 0 Å². The summed E-state index contributed by atoms with van der Waals surface area (Å²) >= 11 is 1.99. The van der Waals surface area contributed by atoms with Gasteiger partial charge in [-0.25, -0.2) is 4.98 Å². The Bertz CT molecular complexity index is 296. The minimum absolute atomic E-state index is 0.460. The van der Waals surface area contributed by atoms with Crippen molar-refractivity contribution < 1.29 is 0 Å². The summed E-state index contributed by atoms with van der Waals surface area (Å²) in [5.74, 6) is 3.41. The SMILES string of the molecule is CCSCCC(C)Nc1nccn1C(C)C. The molecule has 1 rings (SSSR count). The number of aromatic nitrogens is 2. The van der Waals surface area contributed by atoms with Gasteiger partial charge in [0.1, 0.15) is 0 Å². The maximum atomic E-state index is 4.35. The molecule has 1 heterocycles. The average molecular weight is 241 g/mol. The molecule has 0 aliphatic carbocycles. The van der Waals surface area contributed by atoms with Crippen LogP contribution in [0.15, 0.2) is 12.4 Å². The molecule has 16 heavy (non-hydrogen) atoms. The van der Waals surface area contributed by atoms with Crippen molar-refractivity contribution in [3.8, 4) is 0 Å². The second-order valence-electron chi connectivity index (χ2n) is 4.28. The number of thioether (sulfide) groups is 1. The van der Waals surface area contributed by atoms with Gasteiger partial charge in [0.05, 0.1) is 0 Å². The lowest BCUT2D eigenvalue weighted by molar-refractivity contribution is 0.597. The zero-order valence-electron chi connectivity index (χ0n) is 10.7. The molecule has 4 heteroatoms. The number of imidazole rings is 1. The van der Waals surface area contributed by atoms with Crippen molar-refractivity contribution in [2.24, 2.45) is 0 Å². The van der Waals surface area contributed by atoms with Crippen molar-refractivity contribution in [3.05, 3.63) is 12.4 Å². The van der Waals surface area contributed by atoms with E-state index in [1.54, 1.807) is 0 Å². The fourth-order valence-corrected chi connectivity index (χ4v) is 2.35. The number of hydrogen-bond acceptors (Lipinski definition) is 3. The highest BCUT2D eigenvalue weighted by Crippen LogP contribution is 2.14. The molecule has 1 unspecified atom stereocenters. The molecule has 1 aromatic heterocycles. The highest BCUT2D eigenvalue weighted by molar-refractivity contribution is 7.99. The third-order valence-corrected chi connectivity index (χ3v) is 3.43. The third-order valence-electron chi connectivity index (χ3n) is 2.50. The van der Waals surface area contributed by atoms with E-state index in [-0.39, 0.29) is 0 Å². The topological polar surface area (TPSA) is 29.9 Å². The molecule has 1 atom stereocenters. The fourth-order valence-electron chi connectivity index (χ4n) is 1.54. The molecule has 0 saturated heterocycles. The molecule has 92 valence electrons. The van der Waals surface area contributed by atoms with Crippen molar-refractivity contribution in [2.45, 2.75) is 46.2 Å². The van der Waals surface area contributed by atoms with Crippen LogP contribution < -0.4 is 5.32 Å². The van der Waals surface area contributed by atoms with Crippen LogP contribution in [0.5, 0.6) is 0 Å². The van der Waals surface area contributed by atoms with Gasteiger partial charge in [0, 0.05) is 24.5 Å². The van der Waals surface area contributed by atoms with Crippen molar-refractivity contribution in [1.29, 1.82) is 0 Å². The van der Waals surface area contributed by atoms with Crippen molar-refractivity contribution in [3.63, 3.8) is 0 Å². The van der Waals surface area contributed by atoms with Crippen LogP contribution >= 0.6 is 11.8 Å². The lowest BCUT2D eigenvalue weighted by atomic mass is 10.3. The van der Waals surface area contributed by atoms with Crippen LogP contribution in [-0.4, -0.2) is 27.1 Å². The molecule has 1 aromatic rings. The largest absolute Gasteiger partial charge is 0.353 e. The number of nitrogens with one attached hydrogen (secondary N) is 1. The normalized spacial score (nSPS) is 13.1. The molecule has 3 nitrogen and oxygen atoms in total. The first-order valence-corrected chi connectivity index (χ1v) is 7.17. The number of nitrogens with zero attached hydrogens (tertiary/aromatic N) is 2. The molecule has 0 aliphatic heterocycles. The molecule has 0 radical (unpaired) electrons. The van der Waals surface area contributed by atoms with Gasteiger partial charge in [-0.3, -0.25) is 0 Å². The smallest absolute Gasteiger partial charge is 0.203 e. The summed E-state index contributed by atoms with van der Waals surface area (Å²) in [5, 5.41) is 3.47. The van der Waals surface area contributed by atoms with Gasteiger partial charge >= 0.3 is 0 Å². The van der Waals surface area contributed by atoms with Crippen LogP contribution in [0.2, 0.25) is 0 Å². The van der Waals surface area contributed by atoms with E-state index < -0.39 is 0 Å². The van der Waals surface area contributed by atoms with E-state index in [2.05, 4.69) is 42.6 Å². The summed E-state index contributed by atoms with van der Waals surface area (Å²) < 4.78 is 2.17. The predicted molar refractivity (Wildman–Crippen MR) is 73.3 cm³/mol. The predicted octanol–water partition coefficient (Wildman–Crippen LogP) is 3.41. The zero-order chi connectivity index (χ0) is 12.0. The summed E-state index contributed by atoms with van der Waals surface area (Å²) in [6, 6.07) is 0.946. The maximum Gasteiger partial charge on any atom is 0.203 e. The number of rotatable bonds is 7. The zero-order valence-corrected chi connectivity index (χ0v) is 11.5. The molecular weight excluding hydrogens is 218 g/mol. The molecule has 0 fully saturated rings. The molecule has 0 bridgehead atoms. The Morgan fingerprint density at radius 1 is 1.44 bits per heavy atom. The van der Waals surface area contributed by atoms with Crippen LogP contribution in [-0.2, 0) is 0 Å². The first-order chi connectivity index (χ1) is 7.65. The number of hydrogen-bond donors (Lipinski definition) is 1. The highest BCUT2D eigenvalue weighted by Gasteiger charge is 2.08. The van der Waals surface area contributed by atoms with Crippen molar-refractivity contribution >= 4 is 17.7 Å². The molecule has 0 aliphatic rings. The van der Waals surface area contributed by atoms with Crippen molar-refractivity contribution in [1.82, 2.24) is 9.55 Å². The first-order valence-electron chi connectivity index (χ1n) is 6.02. The van der Waals surface area contributed by atoms with Crippen LogP contribution in [0.1, 0.15) is 40.2 Å². The lowest BCUT2D eigenvalue weighted by Crippen LogP contribution is -2.19. The van der Waals surface area contributed by atoms with Gasteiger partial charge in [0.25, 0.3) is 0 Å². The minimum atomic E-state index is 0.460. The summed E-state index contributed by atoms with van der Waals surface area (Å²) in [6.45, 7) is 8.76. The Morgan fingerprint density at radius 3 is 2.81 bits per heavy atom. The summed E-state index contributed by atoms with van der Waals surface area (Å²) in [6.07, 6.45) is 5.07. The maximum absolute atomic E-state index is 4.35. The van der Waals surface area contributed by atoms with E-state index in [0.29, 0.717) is 12.1 Å². The van der Waals surface area contributed by atoms with E-state index in [4.69, 9.17) is 0 Å². The Morgan fingerprint density at radius 2 is 2.19 bits per heavy atom. The van der Waals surface area contributed by atoms with Gasteiger partial charge in [-0.2, -0.15) is 11.8 Å². The summed E-state index contributed by atoms with van der Waals surface area (Å²) in [5.41, 5.74) is 0. The van der Waals surface area contributed by atoms with E-state index in [9.17, 15) is 0 Å². The Hall–Kier alpha value is -0.640. The Kier molecular flexibility index (Phi) is 5.74. The molecule has 0 aromatic carbocycles. The third kappa shape index (κ3) is 4.08. The summed E-state index contributed by atoms with van der Waals surface area (Å²) in [7, 11) is 0. The molecule has 0 saturated carbocycles. The first kappa shape index (κ1) is 13.4. The molecule has 1 N–H and O–H groups in total. The molecule has 0 spiro atoms. The van der Waals surface area contributed by atoms with E-state index in [1.165, 1.54) is 17.9 Å². The fraction of sp³-hybridized carbons (Fsp3) is 0.750. The average Bonchev–Trinajstić information content (AvgIpc) is 2.66. The lowest BCUT2D eigenvalue weighted by Gasteiger charge is -2.17. The molecule has 0 amide bonds. The van der Waals surface area contributed by atoms with E-state index >= 15 is 0 Å². The van der Waals surface area contributed by atoms with Gasteiger partial charge in [0.2, 0.25) is 5.95 Å². The second kappa shape index (κ2) is 6.84.